The number of hydrogen-bond acceptors (Lipinski definition) is 4. The molecule has 0 unspecified atom stereocenters. The third-order valence-corrected chi connectivity index (χ3v) is 4.32. The molecule has 0 spiro atoms. The average Bonchev–Trinajstić information content (AvgIpc) is 3.15. The van der Waals surface area contributed by atoms with Crippen LogP contribution in [0.15, 0.2) is 42.9 Å². The summed E-state index contributed by atoms with van der Waals surface area (Å²) in [5, 5.41) is 4.95. The lowest BCUT2D eigenvalue weighted by atomic mass is 10.1. The van der Waals surface area contributed by atoms with Crippen LogP contribution in [-0.4, -0.2) is 20.9 Å². The van der Waals surface area contributed by atoms with E-state index in [2.05, 4.69) is 20.3 Å². The largest absolute Gasteiger partial charge is 0.341 e. The Bertz CT molecular complexity index is 994. The number of nitrogens with zero attached hydrogens (tertiary/aromatic N) is 2. The van der Waals surface area contributed by atoms with Crippen molar-refractivity contribution in [3.63, 3.8) is 0 Å². The maximum atomic E-state index is 13.3. The summed E-state index contributed by atoms with van der Waals surface area (Å²) in [6.45, 7) is 0. The Morgan fingerprint density at radius 1 is 1.27 bits per heavy atom. The first kappa shape index (κ1) is 12.9. The molecule has 0 bridgehead atoms. The molecule has 2 heterocycles. The van der Waals surface area contributed by atoms with E-state index in [1.54, 1.807) is 6.07 Å². The normalized spacial score (nSPS) is 11.1. The molecular weight excluding hydrogens is 303 g/mol. The molecule has 1 amide bonds. The SMILES string of the molecule is O=C(Nc1nc2ccc3cc(F)ccc3c2s1)c1cnc[nH]1. The highest BCUT2D eigenvalue weighted by Gasteiger charge is 2.12. The molecule has 2 N–H and O–H groups in total. The topological polar surface area (TPSA) is 70.7 Å². The van der Waals surface area contributed by atoms with Crippen LogP contribution in [0.2, 0.25) is 0 Å². The zero-order valence-corrected chi connectivity index (χ0v) is 11.9. The minimum Gasteiger partial charge on any atom is -0.341 e. The number of rotatable bonds is 2. The molecular formula is C15H9FN4OS. The Morgan fingerprint density at radius 2 is 2.18 bits per heavy atom. The lowest BCUT2D eigenvalue weighted by Gasteiger charge is -1.98. The molecule has 4 rings (SSSR count). The first-order chi connectivity index (χ1) is 10.7. The van der Waals surface area contributed by atoms with Crippen molar-refractivity contribution in [2.75, 3.05) is 5.32 Å². The van der Waals surface area contributed by atoms with Gasteiger partial charge in [0.1, 0.15) is 11.5 Å². The second-order valence-corrected chi connectivity index (χ2v) is 5.72. The number of carbonyl (C=O) groups excluding carboxylic acids is 1. The van der Waals surface area contributed by atoms with E-state index in [9.17, 15) is 9.18 Å². The summed E-state index contributed by atoms with van der Waals surface area (Å²) in [6.07, 6.45) is 2.89. The van der Waals surface area contributed by atoms with E-state index in [4.69, 9.17) is 0 Å². The first-order valence-corrected chi connectivity index (χ1v) is 7.31. The molecule has 0 saturated carbocycles. The summed E-state index contributed by atoms with van der Waals surface area (Å²) in [7, 11) is 0. The van der Waals surface area contributed by atoms with Crippen molar-refractivity contribution in [1.82, 2.24) is 15.0 Å². The number of anilines is 1. The van der Waals surface area contributed by atoms with Gasteiger partial charge in [0.05, 0.1) is 22.7 Å². The van der Waals surface area contributed by atoms with Gasteiger partial charge in [-0.2, -0.15) is 0 Å². The Hall–Kier alpha value is -2.80. The fourth-order valence-corrected chi connectivity index (χ4v) is 3.28. The van der Waals surface area contributed by atoms with E-state index in [1.165, 1.54) is 36.0 Å². The van der Waals surface area contributed by atoms with Gasteiger partial charge in [0.25, 0.3) is 5.91 Å². The van der Waals surface area contributed by atoms with Gasteiger partial charge in [0.15, 0.2) is 5.13 Å². The molecule has 2 aromatic heterocycles. The van der Waals surface area contributed by atoms with Crippen LogP contribution >= 0.6 is 11.3 Å². The lowest BCUT2D eigenvalue weighted by molar-refractivity contribution is 0.102. The zero-order chi connectivity index (χ0) is 15.1. The van der Waals surface area contributed by atoms with Crippen molar-refractivity contribution in [2.24, 2.45) is 0 Å². The van der Waals surface area contributed by atoms with E-state index in [0.29, 0.717) is 10.8 Å². The lowest BCUT2D eigenvalue weighted by Crippen LogP contribution is -2.11. The number of H-pyrrole nitrogens is 1. The minimum atomic E-state index is -0.299. The van der Waals surface area contributed by atoms with Gasteiger partial charge in [-0.3, -0.25) is 10.1 Å². The number of imidazole rings is 1. The van der Waals surface area contributed by atoms with Crippen LogP contribution in [0.3, 0.4) is 0 Å². The van der Waals surface area contributed by atoms with Crippen LogP contribution in [0.1, 0.15) is 10.5 Å². The fraction of sp³-hybridized carbons (Fsp3) is 0. The molecule has 0 aliphatic rings. The molecule has 2 aromatic carbocycles. The summed E-state index contributed by atoms with van der Waals surface area (Å²) in [4.78, 5) is 22.9. The third kappa shape index (κ3) is 2.11. The van der Waals surface area contributed by atoms with Crippen LogP contribution in [0, 0.1) is 5.82 Å². The predicted molar refractivity (Wildman–Crippen MR) is 83.6 cm³/mol. The van der Waals surface area contributed by atoms with Crippen molar-refractivity contribution in [3.05, 3.63) is 54.4 Å². The monoisotopic (exact) mass is 312 g/mol. The molecule has 0 aliphatic heterocycles. The Kier molecular flexibility index (Phi) is 2.87. The average molecular weight is 312 g/mol. The Balaban J connectivity index is 1.77. The fourth-order valence-electron chi connectivity index (χ4n) is 2.28. The number of fused-ring (bicyclic) bond motifs is 3. The number of aromatic amines is 1. The van der Waals surface area contributed by atoms with E-state index in [1.807, 2.05) is 12.1 Å². The van der Waals surface area contributed by atoms with Gasteiger partial charge in [-0.1, -0.05) is 17.4 Å². The molecule has 4 aromatic rings. The van der Waals surface area contributed by atoms with E-state index in [-0.39, 0.29) is 11.7 Å². The van der Waals surface area contributed by atoms with Gasteiger partial charge < -0.3 is 4.98 Å². The standard InChI is InChI=1S/C15H9FN4OS/c16-9-2-3-10-8(5-9)1-4-11-13(10)22-15(19-11)20-14(21)12-6-17-7-18-12/h1-7H,(H,17,18)(H,19,20,21). The van der Waals surface area contributed by atoms with Crippen LogP contribution in [0.25, 0.3) is 21.0 Å². The number of halogens is 1. The molecule has 7 heteroatoms. The van der Waals surface area contributed by atoms with Gasteiger partial charge in [-0.15, -0.1) is 0 Å². The number of hydrogen-bond donors (Lipinski definition) is 2. The number of aromatic nitrogens is 3. The van der Waals surface area contributed by atoms with Crippen molar-refractivity contribution in [1.29, 1.82) is 0 Å². The van der Waals surface area contributed by atoms with Gasteiger partial charge in [-0.25, -0.2) is 14.4 Å². The number of nitrogens with one attached hydrogen (secondary N) is 2. The van der Waals surface area contributed by atoms with Gasteiger partial charge in [0.2, 0.25) is 0 Å². The summed E-state index contributed by atoms with van der Waals surface area (Å²) in [6, 6.07) is 8.27. The molecule has 0 saturated heterocycles. The molecule has 0 aliphatic carbocycles. The highest BCUT2D eigenvalue weighted by atomic mass is 32.1. The van der Waals surface area contributed by atoms with E-state index < -0.39 is 0 Å². The zero-order valence-electron chi connectivity index (χ0n) is 11.1. The molecule has 0 radical (unpaired) electrons. The van der Waals surface area contributed by atoms with Crippen molar-refractivity contribution >= 4 is 43.4 Å². The van der Waals surface area contributed by atoms with E-state index in [0.717, 1.165) is 21.0 Å². The van der Waals surface area contributed by atoms with Crippen LogP contribution < -0.4 is 5.32 Å². The van der Waals surface area contributed by atoms with Gasteiger partial charge >= 0.3 is 0 Å². The number of amides is 1. The van der Waals surface area contributed by atoms with E-state index >= 15 is 0 Å². The van der Waals surface area contributed by atoms with Crippen molar-refractivity contribution in [2.45, 2.75) is 0 Å². The van der Waals surface area contributed by atoms with Crippen molar-refractivity contribution in [3.8, 4) is 0 Å². The molecule has 22 heavy (non-hydrogen) atoms. The molecule has 0 fully saturated rings. The maximum Gasteiger partial charge on any atom is 0.275 e. The summed E-state index contributed by atoms with van der Waals surface area (Å²) < 4.78 is 14.2. The molecule has 5 nitrogen and oxygen atoms in total. The minimum absolute atomic E-state index is 0.274. The summed E-state index contributed by atoms with van der Waals surface area (Å²) in [5.74, 6) is -0.573. The summed E-state index contributed by atoms with van der Waals surface area (Å²) in [5.41, 5.74) is 1.13. The Labute approximate surface area is 127 Å². The first-order valence-electron chi connectivity index (χ1n) is 6.49. The highest BCUT2D eigenvalue weighted by Crippen LogP contribution is 2.33. The smallest absolute Gasteiger partial charge is 0.275 e. The third-order valence-electron chi connectivity index (χ3n) is 3.30. The summed E-state index contributed by atoms with van der Waals surface area (Å²) >= 11 is 1.36. The number of carbonyl (C=O) groups is 1. The predicted octanol–water partition coefficient (Wildman–Crippen LogP) is 3.56. The van der Waals surface area contributed by atoms with Crippen LogP contribution in [0.4, 0.5) is 9.52 Å². The highest BCUT2D eigenvalue weighted by molar-refractivity contribution is 7.23. The van der Waals surface area contributed by atoms with Crippen molar-refractivity contribution < 1.29 is 9.18 Å². The molecule has 108 valence electrons. The number of thiazole rings is 1. The second kappa shape index (κ2) is 4.88. The number of benzene rings is 2. The van der Waals surface area contributed by atoms with Crippen LogP contribution in [0.5, 0.6) is 0 Å². The second-order valence-electron chi connectivity index (χ2n) is 4.72. The Morgan fingerprint density at radius 3 is 3.00 bits per heavy atom. The van der Waals surface area contributed by atoms with Gasteiger partial charge in [0, 0.05) is 5.39 Å². The quantitative estimate of drug-likeness (QED) is 0.594. The maximum absolute atomic E-state index is 13.3. The molecule has 0 atom stereocenters. The van der Waals surface area contributed by atoms with Crippen LogP contribution in [-0.2, 0) is 0 Å². The van der Waals surface area contributed by atoms with Gasteiger partial charge in [-0.05, 0) is 29.7 Å².